The molecule has 1 N–H and O–H groups in total. The summed E-state index contributed by atoms with van der Waals surface area (Å²) < 4.78 is 5.43. The van der Waals surface area contributed by atoms with Gasteiger partial charge in [0.15, 0.2) is 0 Å². The summed E-state index contributed by atoms with van der Waals surface area (Å²) in [7, 11) is 1.91. The van der Waals surface area contributed by atoms with Crippen molar-refractivity contribution in [3.8, 4) is 0 Å². The quantitative estimate of drug-likeness (QED) is 0.662. The smallest absolute Gasteiger partial charge is 0.0642 e. The summed E-state index contributed by atoms with van der Waals surface area (Å²) in [6, 6.07) is 8.08. The molecule has 1 unspecified atom stereocenters. The minimum Gasteiger partial charge on any atom is -0.388 e. The van der Waals surface area contributed by atoms with E-state index in [1.807, 2.05) is 37.5 Å². The van der Waals surface area contributed by atoms with E-state index in [0.717, 1.165) is 44.0 Å². The van der Waals surface area contributed by atoms with Crippen LogP contribution in [0.1, 0.15) is 18.9 Å². The van der Waals surface area contributed by atoms with E-state index in [9.17, 15) is 0 Å². The second-order valence-corrected chi connectivity index (χ2v) is 6.39. The Morgan fingerprint density at radius 1 is 1.08 bits per heavy atom. The number of nitrogens with one attached hydrogen (secondary N) is 1. The molecule has 1 fully saturated rings. The van der Waals surface area contributed by atoms with Gasteiger partial charge in [0, 0.05) is 31.5 Å². The van der Waals surface area contributed by atoms with E-state index in [1.54, 1.807) is 6.21 Å². The molecule has 5 nitrogen and oxygen atoms in total. The van der Waals surface area contributed by atoms with Gasteiger partial charge in [-0.15, -0.1) is 0 Å². The fraction of sp³-hybridized carbons (Fsp3) is 0.400. The number of rotatable bonds is 5. The molecule has 0 amide bonds. The maximum Gasteiger partial charge on any atom is 0.0642 e. The standard InChI is InChI=1S/C20H26N4O/c1-16-13-20(24-9-11-25-12-10-24)8-5-18(16)15-23-22-14-17-3-6-19(21-2)7-4-17/h3-8,14-16,21H,9-13H2,1-2H3/b22-14+,23-15+. The second-order valence-electron chi connectivity index (χ2n) is 6.39. The molecule has 0 bridgehead atoms. The summed E-state index contributed by atoms with van der Waals surface area (Å²) in [5.74, 6) is 0.455. The lowest BCUT2D eigenvalue weighted by atomic mass is 9.91. The lowest BCUT2D eigenvalue weighted by Gasteiger charge is -2.33. The number of morpholine rings is 1. The average molecular weight is 338 g/mol. The van der Waals surface area contributed by atoms with Gasteiger partial charge < -0.3 is 15.0 Å². The van der Waals surface area contributed by atoms with Crippen LogP contribution in [-0.2, 0) is 4.74 Å². The highest BCUT2D eigenvalue weighted by atomic mass is 16.5. The molecule has 5 heteroatoms. The molecule has 132 valence electrons. The highest BCUT2D eigenvalue weighted by molar-refractivity contribution is 5.83. The van der Waals surface area contributed by atoms with Crippen molar-refractivity contribution in [2.24, 2.45) is 16.1 Å². The van der Waals surface area contributed by atoms with Crippen molar-refractivity contribution >= 4 is 18.1 Å². The molecular weight excluding hydrogens is 312 g/mol. The number of ether oxygens (including phenoxy) is 1. The van der Waals surface area contributed by atoms with Crippen LogP contribution in [0.5, 0.6) is 0 Å². The molecular formula is C20H26N4O. The van der Waals surface area contributed by atoms with Crippen LogP contribution in [0.3, 0.4) is 0 Å². The molecule has 25 heavy (non-hydrogen) atoms. The molecule has 1 saturated heterocycles. The first-order chi connectivity index (χ1) is 12.3. The maximum atomic E-state index is 5.43. The minimum atomic E-state index is 0.455. The monoisotopic (exact) mass is 338 g/mol. The lowest BCUT2D eigenvalue weighted by Crippen LogP contribution is -2.36. The van der Waals surface area contributed by atoms with E-state index in [-0.39, 0.29) is 0 Å². The lowest BCUT2D eigenvalue weighted by molar-refractivity contribution is 0.0513. The molecule has 0 radical (unpaired) electrons. The Morgan fingerprint density at radius 2 is 1.80 bits per heavy atom. The van der Waals surface area contributed by atoms with Crippen LogP contribution in [0.15, 0.2) is 57.9 Å². The molecule has 2 aliphatic rings. The van der Waals surface area contributed by atoms with Crippen molar-refractivity contribution < 1.29 is 4.74 Å². The van der Waals surface area contributed by atoms with Crippen LogP contribution in [0.4, 0.5) is 5.69 Å². The van der Waals surface area contributed by atoms with Crippen molar-refractivity contribution in [2.45, 2.75) is 13.3 Å². The van der Waals surface area contributed by atoms with Gasteiger partial charge in [0.05, 0.1) is 25.6 Å². The summed E-state index contributed by atoms with van der Waals surface area (Å²) in [5, 5.41) is 11.5. The van der Waals surface area contributed by atoms with Crippen LogP contribution in [0, 0.1) is 5.92 Å². The summed E-state index contributed by atoms with van der Waals surface area (Å²) in [6.45, 7) is 5.88. The van der Waals surface area contributed by atoms with Gasteiger partial charge in [-0.25, -0.2) is 0 Å². The van der Waals surface area contributed by atoms with Gasteiger partial charge in [-0.1, -0.05) is 25.1 Å². The number of nitrogens with zero attached hydrogens (tertiary/aromatic N) is 3. The highest BCUT2D eigenvalue weighted by Gasteiger charge is 2.19. The Bertz CT molecular complexity index is 682. The number of hydrogen-bond acceptors (Lipinski definition) is 5. The van der Waals surface area contributed by atoms with Crippen molar-refractivity contribution in [1.82, 2.24) is 4.90 Å². The molecule has 1 heterocycles. The van der Waals surface area contributed by atoms with Gasteiger partial charge in [-0.05, 0) is 41.7 Å². The zero-order valence-corrected chi connectivity index (χ0v) is 15.0. The Hall–Kier alpha value is -2.40. The molecule has 0 aromatic heterocycles. The van der Waals surface area contributed by atoms with Crippen molar-refractivity contribution in [2.75, 3.05) is 38.7 Å². The van der Waals surface area contributed by atoms with Gasteiger partial charge in [-0.3, -0.25) is 0 Å². The van der Waals surface area contributed by atoms with Gasteiger partial charge in [0.2, 0.25) is 0 Å². The van der Waals surface area contributed by atoms with E-state index >= 15 is 0 Å². The molecule has 1 atom stereocenters. The minimum absolute atomic E-state index is 0.455. The molecule has 0 saturated carbocycles. The summed E-state index contributed by atoms with van der Waals surface area (Å²) >= 11 is 0. The van der Waals surface area contributed by atoms with Crippen molar-refractivity contribution in [3.05, 3.63) is 53.3 Å². The van der Waals surface area contributed by atoms with E-state index in [4.69, 9.17) is 4.74 Å². The summed E-state index contributed by atoms with van der Waals surface area (Å²) in [6.07, 6.45) is 9.08. The number of allylic oxidation sites excluding steroid dienone is 4. The van der Waals surface area contributed by atoms with Crippen LogP contribution in [-0.4, -0.2) is 50.7 Å². The van der Waals surface area contributed by atoms with E-state index in [1.165, 1.54) is 11.3 Å². The Morgan fingerprint density at radius 3 is 2.48 bits per heavy atom. The fourth-order valence-corrected chi connectivity index (χ4v) is 3.05. The Labute approximate surface area is 149 Å². The van der Waals surface area contributed by atoms with Crippen LogP contribution < -0.4 is 5.32 Å². The first kappa shape index (κ1) is 17.4. The molecule has 1 aliphatic carbocycles. The molecule has 1 aromatic rings. The third-order valence-electron chi connectivity index (χ3n) is 4.65. The van der Waals surface area contributed by atoms with E-state index in [0.29, 0.717) is 5.92 Å². The molecule has 1 aromatic carbocycles. The second kappa shape index (κ2) is 8.62. The van der Waals surface area contributed by atoms with E-state index < -0.39 is 0 Å². The number of benzene rings is 1. The van der Waals surface area contributed by atoms with Gasteiger partial charge in [-0.2, -0.15) is 10.2 Å². The first-order valence-electron chi connectivity index (χ1n) is 8.84. The van der Waals surface area contributed by atoms with Crippen molar-refractivity contribution in [3.63, 3.8) is 0 Å². The normalized spacial score (nSPS) is 21.5. The van der Waals surface area contributed by atoms with Crippen molar-refractivity contribution in [1.29, 1.82) is 0 Å². The predicted molar refractivity (Wildman–Crippen MR) is 104 cm³/mol. The Balaban J connectivity index is 1.59. The van der Waals surface area contributed by atoms with Crippen LogP contribution in [0.25, 0.3) is 0 Å². The fourth-order valence-electron chi connectivity index (χ4n) is 3.05. The third kappa shape index (κ3) is 4.79. The van der Waals surface area contributed by atoms with Gasteiger partial charge in [0.25, 0.3) is 0 Å². The van der Waals surface area contributed by atoms with Crippen LogP contribution >= 0.6 is 0 Å². The predicted octanol–water partition coefficient (Wildman–Crippen LogP) is 3.32. The number of anilines is 1. The van der Waals surface area contributed by atoms with Crippen LogP contribution in [0.2, 0.25) is 0 Å². The average Bonchev–Trinajstić information content (AvgIpc) is 2.67. The highest BCUT2D eigenvalue weighted by Crippen LogP contribution is 2.26. The summed E-state index contributed by atoms with van der Waals surface area (Å²) in [4.78, 5) is 2.43. The van der Waals surface area contributed by atoms with E-state index in [2.05, 4.69) is 39.5 Å². The van der Waals surface area contributed by atoms with Gasteiger partial charge >= 0.3 is 0 Å². The SMILES string of the molecule is CNc1ccc(/C=N/N=C/C2=CC=C(N3CCOCC3)CC2C)cc1. The zero-order valence-electron chi connectivity index (χ0n) is 15.0. The Kier molecular flexibility index (Phi) is 6.01. The molecule has 0 spiro atoms. The third-order valence-corrected chi connectivity index (χ3v) is 4.65. The topological polar surface area (TPSA) is 49.2 Å². The largest absolute Gasteiger partial charge is 0.388 e. The molecule has 3 rings (SSSR count). The number of hydrogen-bond donors (Lipinski definition) is 1. The maximum absolute atomic E-state index is 5.43. The zero-order chi connectivity index (χ0) is 17.5. The van der Waals surface area contributed by atoms with Gasteiger partial charge in [0.1, 0.15) is 0 Å². The summed E-state index contributed by atoms with van der Waals surface area (Å²) in [5.41, 5.74) is 4.75. The molecule has 1 aliphatic heterocycles. The first-order valence-corrected chi connectivity index (χ1v) is 8.84.